The van der Waals surface area contributed by atoms with Crippen LogP contribution in [-0.2, 0) is 85.4 Å². The first-order chi connectivity index (χ1) is 50.7. The van der Waals surface area contributed by atoms with E-state index in [1.165, 1.54) is 0 Å². The highest BCUT2D eigenvalue weighted by Gasteiger charge is 2.64. The molecule has 0 unspecified atom stereocenters. The fraction of sp³-hybridized carbons (Fsp3) is 0.948. The van der Waals surface area contributed by atoms with Gasteiger partial charge < -0.3 is 235 Å². The lowest BCUT2D eigenvalue weighted by molar-refractivity contribution is -0.415. The molecule has 0 aromatic heterocycles. The maximum absolute atomic E-state index is 13.4. The van der Waals surface area contributed by atoms with Crippen molar-refractivity contribution in [2.45, 2.75) is 289 Å². The monoisotopic (exact) mass is 1590 g/mol. The van der Waals surface area contributed by atoms with Gasteiger partial charge >= 0.3 is 11.9 Å². The lowest BCUT2D eigenvalue weighted by Gasteiger charge is -2.53. The summed E-state index contributed by atoms with van der Waals surface area (Å²) in [6, 6.07) is -1.96. The number of carboxylic acids is 2. The molecule has 8 rings (SSSR count). The SMILES string of the molecule is CC(=O)N[C@H]1[C@H](O[C@@H]2[C@H](O)[C@@H](O[C@@H]3[C@H](O)[C@@H](O[C@H]4[C@@H]([C@H](O)CO)O[C@@](O)(C(=O)O)C[C@H]4O[C@]4(C(=O)O)C[C@@H](O)[C@@H](O)[C@@H]([C@H](O)CO)O4)O[C@H]([C@@H](O)CO)[C@H]3O[C@@H]3O[C@H](CO)[C@@H](O)[C@H](O)[C@H]3O)O[C@H]([C@@H](O)CO[C@H]3O[C@H]([C@@H](O)CO[C@H]4O[C@H]([C@H](O)CO)[C@@H](O)[C@H](O)[C@@H]4O)[C@@H](O)[C@H](O)[C@@H]3O)[C@H]2O)O[C@H](CO)[C@@H](O)[C@@H]1O. The Morgan fingerprint density at radius 1 is 0.389 bits per heavy atom. The van der Waals surface area contributed by atoms with E-state index in [1.807, 2.05) is 0 Å². The van der Waals surface area contributed by atoms with E-state index >= 15 is 0 Å². The summed E-state index contributed by atoms with van der Waals surface area (Å²) in [4.78, 5) is 38.8. The molecule has 1 amide bonds. The minimum Gasteiger partial charge on any atom is -0.477 e. The van der Waals surface area contributed by atoms with Gasteiger partial charge in [-0.1, -0.05) is 0 Å². The summed E-state index contributed by atoms with van der Waals surface area (Å²) in [6.45, 7) is -9.26. The maximum atomic E-state index is 13.4. The Labute approximate surface area is 607 Å². The van der Waals surface area contributed by atoms with Crippen LogP contribution >= 0.6 is 0 Å². The summed E-state index contributed by atoms with van der Waals surface area (Å²) >= 11 is 0. The number of carbonyl (C=O) groups is 3. The number of carboxylic acid groups (broad SMARTS) is 2. The molecule has 50 nitrogen and oxygen atoms in total. The number of nitrogens with one attached hydrogen (secondary N) is 1. The quantitative estimate of drug-likeness (QED) is 0.0306. The highest BCUT2D eigenvalue weighted by atomic mass is 16.8. The molecule has 0 aromatic rings. The zero-order valence-corrected chi connectivity index (χ0v) is 56.5. The first kappa shape index (κ1) is 90.2. The molecule has 8 fully saturated rings. The molecule has 8 saturated heterocycles. The molecule has 108 heavy (non-hydrogen) atoms. The second-order valence-corrected chi connectivity index (χ2v) is 27.1. The molecule has 50 heteroatoms. The van der Waals surface area contributed by atoms with Gasteiger partial charge in [-0.25, -0.2) is 9.59 Å². The number of hydrogen-bond donors (Lipinski definition) is 32. The predicted octanol–water partition coefficient (Wildman–Crippen LogP) is -21.2. The molecule has 32 N–H and O–H groups in total. The molecule has 8 aliphatic rings. The smallest absolute Gasteiger partial charge is 0.364 e. The van der Waals surface area contributed by atoms with E-state index in [2.05, 4.69) is 5.32 Å². The average Bonchev–Trinajstić information content (AvgIpc) is 0.747. The Bertz CT molecular complexity index is 2830. The van der Waals surface area contributed by atoms with Gasteiger partial charge in [0.15, 0.2) is 37.7 Å². The van der Waals surface area contributed by atoms with E-state index in [0.29, 0.717) is 0 Å². The summed E-state index contributed by atoms with van der Waals surface area (Å²) in [5, 5.41) is 341. The summed E-state index contributed by atoms with van der Waals surface area (Å²) in [6.07, 6.45) is -99.6. The van der Waals surface area contributed by atoms with Crippen LogP contribution in [0.3, 0.4) is 0 Å². The van der Waals surface area contributed by atoms with Gasteiger partial charge in [0.25, 0.3) is 11.6 Å². The van der Waals surface area contributed by atoms with Crippen LogP contribution in [0.2, 0.25) is 0 Å². The third-order valence-corrected chi connectivity index (χ3v) is 19.5. The van der Waals surface area contributed by atoms with E-state index in [1.54, 1.807) is 0 Å². The Balaban J connectivity index is 1.19. The van der Waals surface area contributed by atoms with Gasteiger partial charge in [-0.05, 0) is 0 Å². The van der Waals surface area contributed by atoms with Gasteiger partial charge in [-0.15, -0.1) is 0 Å². The second-order valence-electron chi connectivity index (χ2n) is 27.1. The molecule has 628 valence electrons. The van der Waals surface area contributed by atoms with Crippen LogP contribution in [0.25, 0.3) is 0 Å². The number of amides is 1. The van der Waals surface area contributed by atoms with Crippen molar-refractivity contribution in [2.75, 3.05) is 52.9 Å². The molecular weight excluding hydrogens is 1490 g/mol. The van der Waals surface area contributed by atoms with E-state index < -0.39 is 353 Å². The molecule has 0 spiro atoms. The molecule has 0 radical (unpaired) electrons. The number of hydrogen-bond acceptors (Lipinski definition) is 47. The van der Waals surface area contributed by atoms with Crippen LogP contribution in [0, 0.1) is 0 Å². The summed E-state index contributed by atoms with van der Waals surface area (Å²) in [5.41, 5.74) is 0. The maximum Gasteiger partial charge on any atom is 0.364 e. The fourth-order valence-corrected chi connectivity index (χ4v) is 13.5. The lowest BCUT2D eigenvalue weighted by Crippen LogP contribution is -2.71. The zero-order valence-electron chi connectivity index (χ0n) is 56.5. The van der Waals surface area contributed by atoms with Crippen LogP contribution in [0.4, 0.5) is 0 Å². The molecular formula is C58H97NO49. The third-order valence-electron chi connectivity index (χ3n) is 19.5. The van der Waals surface area contributed by atoms with Gasteiger partial charge in [0.2, 0.25) is 5.91 Å². The Hall–Kier alpha value is -3.35. The van der Waals surface area contributed by atoms with Crippen molar-refractivity contribution in [1.82, 2.24) is 5.32 Å². The van der Waals surface area contributed by atoms with Gasteiger partial charge in [-0.3, -0.25) is 4.79 Å². The Morgan fingerprint density at radius 2 is 0.787 bits per heavy atom. The molecule has 0 bridgehead atoms. The normalized spacial score (nSPS) is 47.9. The number of aliphatic hydroxyl groups is 29. The second kappa shape index (κ2) is 37.9. The summed E-state index contributed by atoms with van der Waals surface area (Å²) < 4.78 is 85.9. The van der Waals surface area contributed by atoms with Crippen LogP contribution in [0.1, 0.15) is 19.8 Å². The van der Waals surface area contributed by atoms with Gasteiger partial charge in [-0.2, -0.15) is 0 Å². The van der Waals surface area contributed by atoms with Crippen molar-refractivity contribution in [3.63, 3.8) is 0 Å². The highest BCUT2D eigenvalue weighted by molar-refractivity contribution is 5.77. The Kier molecular flexibility index (Phi) is 31.7. The predicted molar refractivity (Wildman–Crippen MR) is 322 cm³/mol. The number of ether oxygens (including phenoxy) is 15. The van der Waals surface area contributed by atoms with Crippen molar-refractivity contribution in [3.05, 3.63) is 0 Å². The largest absolute Gasteiger partial charge is 0.477 e. The topological polar surface area (TPSA) is 829 Å². The van der Waals surface area contributed by atoms with Crippen molar-refractivity contribution in [2.24, 2.45) is 0 Å². The molecule has 0 saturated carbocycles. The van der Waals surface area contributed by atoms with E-state index in [9.17, 15) is 173 Å². The van der Waals surface area contributed by atoms with Crippen LogP contribution in [-0.4, -0.2) is 498 Å². The van der Waals surface area contributed by atoms with Crippen molar-refractivity contribution >= 4 is 17.8 Å². The molecule has 44 atom stereocenters. The van der Waals surface area contributed by atoms with Crippen molar-refractivity contribution in [1.29, 1.82) is 0 Å². The molecule has 8 aliphatic heterocycles. The number of aliphatic carboxylic acids is 2. The van der Waals surface area contributed by atoms with Crippen LogP contribution in [0.5, 0.6) is 0 Å². The highest BCUT2D eigenvalue weighted by Crippen LogP contribution is 2.44. The van der Waals surface area contributed by atoms with Crippen molar-refractivity contribution in [3.8, 4) is 0 Å². The summed E-state index contributed by atoms with van der Waals surface area (Å²) in [7, 11) is 0. The van der Waals surface area contributed by atoms with Crippen LogP contribution in [0.15, 0.2) is 0 Å². The van der Waals surface area contributed by atoms with E-state index in [4.69, 9.17) is 71.1 Å². The standard InChI is InChI=1S/C58H97NO49/c1-12(66)59-23-27(77)25(75)21(8-64)96-49(23)103-46-36(86)41(19(73)11-95-51-34(84)30(80)32(82)40(99-51)18(72)10-94-50-33(83)29(79)31(81)39(98-50)14(68)4-60)100-53(37(46)87)104-47-38(88)54(101-43(16(70)6-62)48(47)105-52-35(85)28(78)26(76)22(9-65)97-52)102-45-20(3-57(93,55(89)90)107-44(45)17(71)7-63)106-58(56(91)92)2-13(67)24(74)42(108-58)15(69)5-61/h13-54,60-65,67-88,93H,2-11H2,1H3,(H,59,66)(H,89,90)(H,91,92)/t13-,14-,15-,16+,17-,18+,19+,20-,21-,22-,23-,24-,25-,26-,27-,28+,29+,30+,31+,32+,33+,34+,35-,36-,37+,38+,39-,40-,41-,42-,43-,44-,45-,46+,47-,48-,49+,50+,51+,52+,53-,54-,57-,58-/m1/s1. The van der Waals surface area contributed by atoms with E-state index in [-0.39, 0.29) is 0 Å². The molecule has 0 aromatic carbocycles. The van der Waals surface area contributed by atoms with E-state index in [0.717, 1.165) is 6.92 Å². The zero-order chi connectivity index (χ0) is 80.4. The fourth-order valence-electron chi connectivity index (χ4n) is 13.5. The first-order valence-corrected chi connectivity index (χ1v) is 33.6. The number of aliphatic hydroxyl groups excluding tert-OH is 28. The van der Waals surface area contributed by atoms with Gasteiger partial charge in [0.05, 0.1) is 65.1 Å². The lowest BCUT2D eigenvalue weighted by atomic mass is 9.89. The first-order valence-electron chi connectivity index (χ1n) is 33.6. The number of rotatable bonds is 31. The summed E-state index contributed by atoms with van der Waals surface area (Å²) in [5.74, 6) is -12.8. The Morgan fingerprint density at radius 3 is 1.29 bits per heavy atom. The molecule has 0 aliphatic carbocycles. The molecule has 8 heterocycles. The van der Waals surface area contributed by atoms with Gasteiger partial charge in [0, 0.05) is 19.8 Å². The average molecular weight is 1590 g/mol. The number of carbonyl (C=O) groups excluding carboxylic acids is 1. The minimum absolute atomic E-state index is 0.889. The van der Waals surface area contributed by atoms with Gasteiger partial charge in [0.1, 0.15) is 207 Å². The third kappa shape index (κ3) is 19.1. The van der Waals surface area contributed by atoms with Crippen molar-refractivity contribution < 1.29 is 244 Å². The minimum atomic E-state index is -3.67. The van der Waals surface area contributed by atoms with Crippen LogP contribution < -0.4 is 5.32 Å².